The molecule has 0 bridgehead atoms. The van der Waals surface area contributed by atoms with Gasteiger partial charge in [0.1, 0.15) is 6.61 Å². The number of nitrogens with zero attached hydrogens (tertiary/aromatic N) is 3. The number of nitrogens with one attached hydrogen (secondary N) is 1. The zero-order chi connectivity index (χ0) is 20.9. The van der Waals surface area contributed by atoms with Crippen LogP contribution in [0.3, 0.4) is 0 Å². The smallest absolute Gasteiger partial charge is 0.320 e. The van der Waals surface area contributed by atoms with Crippen molar-refractivity contribution in [1.29, 1.82) is 0 Å². The first kappa shape index (κ1) is 19.6. The van der Waals surface area contributed by atoms with Gasteiger partial charge in [-0.05, 0) is 31.0 Å². The van der Waals surface area contributed by atoms with Gasteiger partial charge in [0, 0.05) is 58.0 Å². The third-order valence-electron chi connectivity index (χ3n) is 7.02. The molecule has 30 heavy (non-hydrogen) atoms. The average molecular weight is 415 g/mol. The first-order chi connectivity index (χ1) is 14.4. The number of amides is 3. The van der Waals surface area contributed by atoms with Gasteiger partial charge in [-0.1, -0.05) is 12.1 Å². The Morgan fingerprint density at radius 2 is 1.90 bits per heavy atom. The number of benzene rings is 1. The second-order valence-electron chi connectivity index (χ2n) is 9.24. The summed E-state index contributed by atoms with van der Waals surface area (Å²) in [4.78, 5) is 30.5. The number of fused-ring (bicyclic) bond motifs is 1. The van der Waals surface area contributed by atoms with E-state index in [0.29, 0.717) is 19.0 Å². The summed E-state index contributed by atoms with van der Waals surface area (Å²) in [6, 6.07) is 8.70. The number of carbonyl (C=O) groups is 2. The summed E-state index contributed by atoms with van der Waals surface area (Å²) in [7, 11) is 1.77. The second kappa shape index (κ2) is 7.42. The van der Waals surface area contributed by atoms with Gasteiger partial charge in [-0.15, -0.1) is 0 Å². The predicted octanol–water partition coefficient (Wildman–Crippen LogP) is 1.02. The average Bonchev–Trinajstić information content (AvgIpc) is 2.70. The maximum atomic E-state index is 12.9. The van der Waals surface area contributed by atoms with E-state index in [1.807, 2.05) is 9.80 Å². The molecule has 0 radical (unpaired) electrons. The Hall–Kier alpha value is -2.32. The highest BCUT2D eigenvalue weighted by Gasteiger charge is 2.41. The Labute approximate surface area is 177 Å². The van der Waals surface area contributed by atoms with Gasteiger partial charge in [-0.25, -0.2) is 4.79 Å². The first-order valence-corrected chi connectivity index (χ1v) is 10.8. The monoisotopic (exact) mass is 414 g/mol. The molecule has 0 aliphatic carbocycles. The highest BCUT2D eigenvalue weighted by molar-refractivity contribution is 5.79. The zero-order valence-corrected chi connectivity index (χ0v) is 17.7. The lowest BCUT2D eigenvalue weighted by Gasteiger charge is -2.48. The van der Waals surface area contributed by atoms with Gasteiger partial charge in [-0.3, -0.25) is 4.79 Å². The zero-order valence-electron chi connectivity index (χ0n) is 17.7. The lowest BCUT2D eigenvalue weighted by atomic mass is 9.90. The predicted molar refractivity (Wildman–Crippen MR) is 112 cm³/mol. The summed E-state index contributed by atoms with van der Waals surface area (Å²) in [6.45, 7) is 6.80. The minimum absolute atomic E-state index is 0.0302. The van der Waals surface area contributed by atoms with Crippen molar-refractivity contribution < 1.29 is 19.1 Å². The Morgan fingerprint density at radius 1 is 1.17 bits per heavy atom. The van der Waals surface area contributed by atoms with E-state index in [2.05, 4.69) is 41.4 Å². The lowest BCUT2D eigenvalue weighted by molar-refractivity contribution is -0.139. The van der Waals surface area contributed by atoms with E-state index in [1.54, 1.807) is 7.11 Å². The maximum absolute atomic E-state index is 12.9. The van der Waals surface area contributed by atoms with Crippen molar-refractivity contribution in [1.82, 2.24) is 15.1 Å². The number of methoxy groups -OCH3 is 1. The van der Waals surface area contributed by atoms with Crippen molar-refractivity contribution in [2.24, 2.45) is 0 Å². The van der Waals surface area contributed by atoms with E-state index in [0.717, 1.165) is 32.6 Å². The van der Waals surface area contributed by atoms with Crippen molar-refractivity contribution in [2.75, 3.05) is 57.9 Å². The fraction of sp³-hybridized carbons (Fsp3) is 0.636. The normalized spacial score (nSPS) is 28.3. The summed E-state index contributed by atoms with van der Waals surface area (Å²) >= 11 is 0. The van der Waals surface area contributed by atoms with Crippen LogP contribution < -0.4 is 10.2 Å². The first-order valence-electron chi connectivity index (χ1n) is 10.8. The number of ether oxygens (including phenoxy) is 2. The summed E-state index contributed by atoms with van der Waals surface area (Å²) in [5, 5.41) is 2.96. The molecule has 0 aromatic heterocycles. The summed E-state index contributed by atoms with van der Waals surface area (Å²) in [5.74, 6) is 0.293. The molecular weight excluding hydrogens is 384 g/mol. The highest BCUT2D eigenvalue weighted by Crippen LogP contribution is 2.33. The van der Waals surface area contributed by atoms with Gasteiger partial charge in [0.15, 0.2) is 0 Å². The molecule has 3 amide bonds. The third kappa shape index (κ3) is 3.52. The quantitative estimate of drug-likeness (QED) is 0.800. The molecule has 1 aromatic rings. The summed E-state index contributed by atoms with van der Waals surface area (Å²) < 4.78 is 11.1. The van der Waals surface area contributed by atoms with E-state index in [4.69, 9.17) is 9.47 Å². The van der Waals surface area contributed by atoms with Crippen molar-refractivity contribution >= 4 is 17.6 Å². The topological polar surface area (TPSA) is 74.3 Å². The number of carbonyl (C=O) groups excluding carboxylic acids is 2. The van der Waals surface area contributed by atoms with Crippen LogP contribution in [0.5, 0.6) is 0 Å². The molecule has 0 spiro atoms. The molecule has 1 N–H and O–H groups in total. The highest BCUT2D eigenvalue weighted by atomic mass is 16.5. The van der Waals surface area contributed by atoms with Gasteiger partial charge >= 0.3 is 6.03 Å². The van der Waals surface area contributed by atoms with Crippen LogP contribution in [0.2, 0.25) is 0 Å². The van der Waals surface area contributed by atoms with Gasteiger partial charge in [0.25, 0.3) is 0 Å². The Morgan fingerprint density at radius 3 is 2.60 bits per heavy atom. The van der Waals surface area contributed by atoms with Gasteiger partial charge in [0.2, 0.25) is 5.91 Å². The fourth-order valence-corrected chi connectivity index (χ4v) is 4.95. The Bertz CT molecular complexity index is 817. The van der Waals surface area contributed by atoms with Crippen LogP contribution in [-0.4, -0.2) is 92.5 Å². The van der Waals surface area contributed by atoms with E-state index in [-0.39, 0.29) is 36.3 Å². The molecule has 5 rings (SSSR count). The van der Waals surface area contributed by atoms with E-state index in [1.165, 1.54) is 11.3 Å². The molecule has 4 heterocycles. The van der Waals surface area contributed by atoms with E-state index in [9.17, 15) is 9.59 Å². The molecule has 0 saturated carbocycles. The molecular formula is C22H30N4O4. The number of hydrogen-bond donors (Lipinski definition) is 1. The Kier molecular flexibility index (Phi) is 4.86. The number of anilines is 1. The number of hydrogen-bond acceptors (Lipinski definition) is 5. The second-order valence-corrected chi connectivity index (χ2v) is 9.24. The molecule has 4 fully saturated rings. The van der Waals surface area contributed by atoms with Crippen molar-refractivity contribution in [3.63, 3.8) is 0 Å². The maximum Gasteiger partial charge on any atom is 0.320 e. The molecule has 8 nitrogen and oxygen atoms in total. The van der Waals surface area contributed by atoms with Crippen LogP contribution in [0.4, 0.5) is 10.5 Å². The van der Waals surface area contributed by atoms with Crippen LogP contribution >= 0.6 is 0 Å². The SMILES string of the molecule is COC1(C)CN(c2ccc(C3CN(C(=O)N4CC[C@@H]5OCC(=O)N[C@@H]5C4)C3)cc2)C1. The van der Waals surface area contributed by atoms with Crippen LogP contribution in [0.15, 0.2) is 24.3 Å². The number of likely N-dealkylation sites (tertiary alicyclic amines) is 2. The number of piperidine rings is 1. The Balaban J connectivity index is 1.12. The molecule has 1 aromatic carbocycles. The molecule has 8 heteroatoms. The lowest BCUT2D eigenvalue weighted by Crippen LogP contribution is -2.63. The van der Waals surface area contributed by atoms with Gasteiger partial charge < -0.3 is 29.5 Å². The number of urea groups is 1. The minimum atomic E-state index is -0.0944. The van der Waals surface area contributed by atoms with Crippen LogP contribution in [0, 0.1) is 0 Å². The van der Waals surface area contributed by atoms with Gasteiger partial charge in [0.05, 0.1) is 17.7 Å². The van der Waals surface area contributed by atoms with Crippen LogP contribution in [0.1, 0.15) is 24.8 Å². The molecule has 0 unspecified atom stereocenters. The van der Waals surface area contributed by atoms with Crippen molar-refractivity contribution in [2.45, 2.75) is 37.0 Å². The third-order valence-corrected chi connectivity index (χ3v) is 7.02. The summed E-state index contributed by atoms with van der Waals surface area (Å²) in [6.07, 6.45) is 0.802. The largest absolute Gasteiger partial charge is 0.375 e. The molecule has 4 aliphatic rings. The standard InChI is InChI=1S/C22H30N4O4/c1-22(29-2)13-26(14-22)17-5-3-15(4-6-17)16-9-25(10-16)21(28)24-8-7-19-18(11-24)23-20(27)12-30-19/h3-6,16,18-19H,7-14H2,1-2H3,(H,23,27)/t18-,19+/m1/s1. The minimum Gasteiger partial charge on any atom is -0.375 e. The molecule has 4 aliphatic heterocycles. The number of rotatable bonds is 3. The van der Waals surface area contributed by atoms with Crippen molar-refractivity contribution in [3.05, 3.63) is 29.8 Å². The fourth-order valence-electron chi connectivity index (χ4n) is 4.95. The molecule has 2 atom stereocenters. The molecule has 4 saturated heterocycles. The van der Waals surface area contributed by atoms with Gasteiger partial charge in [-0.2, -0.15) is 0 Å². The van der Waals surface area contributed by atoms with Crippen LogP contribution in [0.25, 0.3) is 0 Å². The van der Waals surface area contributed by atoms with E-state index < -0.39 is 0 Å². The van der Waals surface area contributed by atoms with Crippen LogP contribution in [-0.2, 0) is 14.3 Å². The molecule has 162 valence electrons. The summed E-state index contributed by atoms with van der Waals surface area (Å²) in [5.41, 5.74) is 2.47. The number of morpholine rings is 1. The van der Waals surface area contributed by atoms with E-state index >= 15 is 0 Å². The van der Waals surface area contributed by atoms with Crippen molar-refractivity contribution in [3.8, 4) is 0 Å².